The molecule has 152 valence electrons. The van der Waals surface area contributed by atoms with Gasteiger partial charge in [-0.15, -0.1) is 0 Å². The van der Waals surface area contributed by atoms with Gasteiger partial charge in [0, 0.05) is 12.6 Å². The van der Waals surface area contributed by atoms with Gasteiger partial charge in [0.15, 0.2) is 0 Å². The minimum absolute atomic E-state index is 0.245. The second kappa shape index (κ2) is 9.45. The number of nitrogens with zero attached hydrogens (tertiary/aromatic N) is 1. The van der Waals surface area contributed by atoms with Gasteiger partial charge in [-0.05, 0) is 31.0 Å². The minimum Gasteiger partial charge on any atom is -0.497 e. The molecule has 0 unspecified atom stereocenters. The van der Waals surface area contributed by atoms with E-state index in [-0.39, 0.29) is 5.69 Å². The summed E-state index contributed by atoms with van der Waals surface area (Å²) >= 11 is 0. The fourth-order valence-electron chi connectivity index (χ4n) is 2.87. The molecule has 2 rings (SSSR count). The quantitative estimate of drug-likeness (QED) is 0.690. The predicted molar refractivity (Wildman–Crippen MR) is 109 cm³/mol. The average molecular weight is 407 g/mol. The molecule has 0 saturated heterocycles. The Morgan fingerprint density at radius 1 is 1.11 bits per heavy atom. The smallest absolute Gasteiger partial charge is 0.243 e. The van der Waals surface area contributed by atoms with Gasteiger partial charge < -0.3 is 14.8 Å². The molecule has 28 heavy (non-hydrogen) atoms. The Bertz CT molecular complexity index is 900. The largest absolute Gasteiger partial charge is 0.497 e. The minimum atomic E-state index is -3.76. The molecule has 0 aliphatic carbocycles. The molecule has 0 aliphatic heterocycles. The van der Waals surface area contributed by atoms with Gasteiger partial charge in [-0.3, -0.25) is 9.10 Å². The van der Waals surface area contributed by atoms with Crippen molar-refractivity contribution < 1.29 is 22.7 Å². The Hall–Kier alpha value is -2.74. The van der Waals surface area contributed by atoms with Crippen LogP contribution in [0.25, 0.3) is 0 Å². The van der Waals surface area contributed by atoms with Crippen molar-refractivity contribution in [3.63, 3.8) is 0 Å². The monoisotopic (exact) mass is 406 g/mol. The second-order valence-corrected chi connectivity index (χ2v) is 8.16. The maximum atomic E-state index is 12.7. The van der Waals surface area contributed by atoms with Gasteiger partial charge in [0.1, 0.15) is 17.5 Å². The van der Waals surface area contributed by atoms with Crippen molar-refractivity contribution in [3.8, 4) is 11.5 Å². The molecule has 2 aromatic rings. The molecule has 0 spiro atoms. The third-order valence-corrected chi connectivity index (χ3v) is 5.50. The Labute approximate surface area is 166 Å². The molecule has 1 N–H and O–H groups in total. The van der Waals surface area contributed by atoms with Gasteiger partial charge in [-0.25, -0.2) is 8.42 Å². The number of rotatable bonds is 9. The molecular weight excluding hydrogens is 380 g/mol. The van der Waals surface area contributed by atoms with Crippen LogP contribution in [-0.2, 0) is 21.2 Å². The summed E-state index contributed by atoms with van der Waals surface area (Å²) in [6, 6.07) is 13.6. The summed E-state index contributed by atoms with van der Waals surface area (Å²) < 4.78 is 36.5. The van der Waals surface area contributed by atoms with Gasteiger partial charge in [0.2, 0.25) is 15.9 Å². The lowest BCUT2D eigenvalue weighted by Gasteiger charge is -2.29. The van der Waals surface area contributed by atoms with Crippen LogP contribution in [0.15, 0.2) is 48.5 Å². The van der Waals surface area contributed by atoms with Crippen LogP contribution < -0.4 is 19.1 Å². The maximum absolute atomic E-state index is 12.7. The number of hydrogen-bond donors (Lipinski definition) is 1. The van der Waals surface area contributed by atoms with E-state index in [0.29, 0.717) is 24.5 Å². The highest BCUT2D eigenvalue weighted by atomic mass is 32.2. The van der Waals surface area contributed by atoms with Gasteiger partial charge >= 0.3 is 0 Å². The van der Waals surface area contributed by atoms with E-state index in [1.54, 1.807) is 12.1 Å². The number of amides is 1. The lowest BCUT2D eigenvalue weighted by atomic mass is 10.1. The zero-order chi connectivity index (χ0) is 20.7. The molecule has 0 heterocycles. The highest BCUT2D eigenvalue weighted by molar-refractivity contribution is 7.92. The first kappa shape index (κ1) is 21.6. The summed E-state index contributed by atoms with van der Waals surface area (Å²) in [5.41, 5.74) is 1.33. The molecule has 0 bridgehead atoms. The summed E-state index contributed by atoms with van der Waals surface area (Å²) in [5, 5.41) is 2.80. The van der Waals surface area contributed by atoms with Crippen molar-refractivity contribution in [2.75, 3.05) is 31.3 Å². The number of sulfonamides is 1. The van der Waals surface area contributed by atoms with E-state index in [1.165, 1.54) is 27.2 Å². The normalized spacial score (nSPS) is 12.1. The Balaban J connectivity index is 2.22. The topological polar surface area (TPSA) is 84.9 Å². The van der Waals surface area contributed by atoms with E-state index in [9.17, 15) is 13.2 Å². The standard InChI is InChI=1S/C20H26N2O5S/c1-15(20(23)21-13-12-16-8-6-5-7-9-16)22(28(4,24)25)18-14-17(26-2)10-11-19(18)27-3/h5-11,14-15H,12-13H2,1-4H3,(H,21,23)/t15-/m0/s1. The van der Waals surface area contributed by atoms with Crippen LogP contribution in [0.2, 0.25) is 0 Å². The number of carbonyl (C=O) groups is 1. The molecule has 0 radical (unpaired) electrons. The number of nitrogens with one attached hydrogen (secondary N) is 1. The molecule has 0 aliphatic rings. The molecule has 8 heteroatoms. The third kappa shape index (κ3) is 5.39. The van der Waals surface area contributed by atoms with Gasteiger partial charge in [-0.1, -0.05) is 30.3 Å². The van der Waals surface area contributed by atoms with Crippen molar-refractivity contribution in [2.45, 2.75) is 19.4 Å². The molecule has 0 aromatic heterocycles. The van der Waals surface area contributed by atoms with E-state index < -0.39 is 22.0 Å². The summed E-state index contributed by atoms with van der Waals surface area (Å²) in [4.78, 5) is 12.7. The number of carbonyl (C=O) groups excluding carboxylic acids is 1. The fraction of sp³-hybridized carbons (Fsp3) is 0.350. The average Bonchev–Trinajstić information content (AvgIpc) is 2.67. The molecule has 1 atom stereocenters. The Morgan fingerprint density at radius 3 is 2.36 bits per heavy atom. The fourth-order valence-corrected chi connectivity index (χ4v) is 4.04. The first-order valence-corrected chi connectivity index (χ1v) is 10.7. The van der Waals surface area contributed by atoms with Crippen molar-refractivity contribution in [1.82, 2.24) is 5.32 Å². The van der Waals surface area contributed by atoms with Gasteiger partial charge in [0.25, 0.3) is 0 Å². The van der Waals surface area contributed by atoms with Crippen molar-refractivity contribution >= 4 is 21.6 Å². The first-order chi connectivity index (χ1) is 13.3. The van der Waals surface area contributed by atoms with E-state index in [0.717, 1.165) is 16.1 Å². The highest BCUT2D eigenvalue weighted by Crippen LogP contribution is 2.35. The summed E-state index contributed by atoms with van der Waals surface area (Å²) in [6.07, 6.45) is 1.71. The first-order valence-electron chi connectivity index (χ1n) is 8.81. The number of methoxy groups -OCH3 is 2. The van der Waals surface area contributed by atoms with E-state index in [1.807, 2.05) is 30.3 Å². The van der Waals surface area contributed by atoms with Crippen molar-refractivity contribution in [3.05, 3.63) is 54.1 Å². The zero-order valence-electron chi connectivity index (χ0n) is 16.5. The SMILES string of the molecule is COc1ccc(OC)c(N([C@@H](C)C(=O)NCCc2ccccc2)S(C)(=O)=O)c1. The molecule has 2 aromatic carbocycles. The molecule has 1 amide bonds. The summed E-state index contributed by atoms with van der Waals surface area (Å²) in [7, 11) is -0.837. The Kier molecular flexibility index (Phi) is 7.28. The predicted octanol–water partition coefficient (Wildman–Crippen LogP) is 2.22. The van der Waals surface area contributed by atoms with Gasteiger partial charge in [0.05, 0.1) is 26.2 Å². The van der Waals surface area contributed by atoms with Crippen LogP contribution in [0, 0.1) is 0 Å². The summed E-state index contributed by atoms with van der Waals surface area (Å²) in [6.45, 7) is 1.94. The number of benzene rings is 2. The number of anilines is 1. The van der Waals surface area contributed by atoms with Crippen molar-refractivity contribution in [2.24, 2.45) is 0 Å². The van der Waals surface area contributed by atoms with Crippen LogP contribution in [0.4, 0.5) is 5.69 Å². The Morgan fingerprint density at radius 2 is 1.79 bits per heavy atom. The lowest BCUT2D eigenvalue weighted by Crippen LogP contribution is -2.48. The third-order valence-electron chi connectivity index (χ3n) is 4.27. The summed E-state index contributed by atoms with van der Waals surface area (Å²) in [5.74, 6) is 0.391. The maximum Gasteiger partial charge on any atom is 0.243 e. The van der Waals surface area contributed by atoms with Crippen LogP contribution in [0.3, 0.4) is 0 Å². The lowest BCUT2D eigenvalue weighted by molar-refractivity contribution is -0.121. The number of hydrogen-bond acceptors (Lipinski definition) is 5. The number of ether oxygens (including phenoxy) is 2. The van der Waals surface area contributed by atoms with E-state index >= 15 is 0 Å². The van der Waals surface area contributed by atoms with Crippen LogP contribution in [0.1, 0.15) is 12.5 Å². The molecule has 0 fully saturated rings. The zero-order valence-corrected chi connectivity index (χ0v) is 17.3. The van der Waals surface area contributed by atoms with Crippen LogP contribution >= 0.6 is 0 Å². The van der Waals surface area contributed by atoms with Crippen molar-refractivity contribution in [1.29, 1.82) is 0 Å². The highest BCUT2D eigenvalue weighted by Gasteiger charge is 2.31. The molecule has 0 saturated carbocycles. The van der Waals surface area contributed by atoms with E-state index in [2.05, 4.69) is 5.32 Å². The van der Waals surface area contributed by atoms with Gasteiger partial charge in [-0.2, -0.15) is 0 Å². The van der Waals surface area contributed by atoms with Crippen LogP contribution in [0.5, 0.6) is 11.5 Å². The van der Waals surface area contributed by atoms with Crippen LogP contribution in [-0.4, -0.2) is 47.4 Å². The molecular formula is C20H26N2O5S. The van der Waals surface area contributed by atoms with E-state index in [4.69, 9.17) is 9.47 Å². The molecule has 7 nitrogen and oxygen atoms in total. The second-order valence-electron chi connectivity index (χ2n) is 6.30.